The molecule has 4 nitrogen and oxygen atoms in total. The molecule has 3 aromatic carbocycles. The standard InChI is InChI=1S/C24H23NO3/c26-15-24(28)12-13-25(14-24)23(27)19-8-4-16(5-9-19)20-11-10-18-7-6-17-2-1-3-21(20)22(17)18/h1-5,8-11,26,28H,6-7,12-15H2. The Morgan fingerprint density at radius 3 is 2.46 bits per heavy atom. The Labute approximate surface area is 164 Å². The Morgan fingerprint density at radius 1 is 1.00 bits per heavy atom. The summed E-state index contributed by atoms with van der Waals surface area (Å²) in [7, 11) is 0. The first kappa shape index (κ1) is 17.4. The molecule has 1 fully saturated rings. The zero-order valence-corrected chi connectivity index (χ0v) is 15.7. The number of aliphatic hydroxyl groups excluding tert-OH is 1. The van der Waals surface area contributed by atoms with Crippen LogP contribution in [-0.4, -0.2) is 46.3 Å². The van der Waals surface area contributed by atoms with Crippen LogP contribution in [0.5, 0.6) is 0 Å². The molecule has 0 spiro atoms. The lowest BCUT2D eigenvalue weighted by Gasteiger charge is -2.21. The fourth-order valence-electron chi connectivity index (χ4n) is 4.63. The van der Waals surface area contributed by atoms with Gasteiger partial charge in [-0.25, -0.2) is 0 Å². The van der Waals surface area contributed by atoms with Crippen molar-refractivity contribution in [3.8, 4) is 11.1 Å². The molecule has 0 bridgehead atoms. The fraction of sp³-hybridized carbons (Fsp3) is 0.292. The van der Waals surface area contributed by atoms with Crippen molar-refractivity contribution in [1.82, 2.24) is 4.90 Å². The number of benzene rings is 3. The van der Waals surface area contributed by atoms with Crippen LogP contribution in [0, 0.1) is 0 Å². The van der Waals surface area contributed by atoms with Gasteiger partial charge in [0.1, 0.15) is 5.60 Å². The first-order valence-electron chi connectivity index (χ1n) is 9.84. The van der Waals surface area contributed by atoms with E-state index in [2.05, 4.69) is 30.3 Å². The SMILES string of the molecule is O=C(c1ccc(-c2ccc3c4c(cccc24)CC3)cc1)N1CCC(O)(CO)C1. The van der Waals surface area contributed by atoms with E-state index in [1.165, 1.54) is 27.5 Å². The Kier molecular flexibility index (Phi) is 4.00. The molecule has 0 aromatic heterocycles. The third-order valence-corrected chi connectivity index (χ3v) is 6.23. The number of carbonyl (C=O) groups is 1. The lowest BCUT2D eigenvalue weighted by atomic mass is 9.95. The molecule has 1 aliphatic heterocycles. The fourth-order valence-corrected chi connectivity index (χ4v) is 4.63. The molecule has 1 atom stereocenters. The summed E-state index contributed by atoms with van der Waals surface area (Å²) in [6.07, 6.45) is 2.63. The van der Waals surface area contributed by atoms with Crippen molar-refractivity contribution in [1.29, 1.82) is 0 Å². The zero-order chi connectivity index (χ0) is 19.3. The van der Waals surface area contributed by atoms with E-state index in [0.717, 1.165) is 18.4 Å². The van der Waals surface area contributed by atoms with Crippen LogP contribution in [-0.2, 0) is 12.8 Å². The van der Waals surface area contributed by atoms with E-state index in [9.17, 15) is 15.0 Å². The molecule has 2 N–H and O–H groups in total. The second-order valence-corrected chi connectivity index (χ2v) is 8.05. The number of aliphatic hydroxyl groups is 2. The van der Waals surface area contributed by atoms with Gasteiger partial charge in [-0.3, -0.25) is 4.79 Å². The normalized spacial score (nSPS) is 20.9. The maximum absolute atomic E-state index is 12.7. The number of likely N-dealkylation sites (tertiary alicyclic amines) is 1. The highest BCUT2D eigenvalue weighted by atomic mass is 16.3. The van der Waals surface area contributed by atoms with Gasteiger partial charge in [-0.2, -0.15) is 0 Å². The maximum atomic E-state index is 12.7. The maximum Gasteiger partial charge on any atom is 0.253 e. The van der Waals surface area contributed by atoms with Gasteiger partial charge in [-0.15, -0.1) is 0 Å². The molecule has 0 radical (unpaired) electrons. The van der Waals surface area contributed by atoms with Crippen LogP contribution in [0.2, 0.25) is 0 Å². The quantitative estimate of drug-likeness (QED) is 0.741. The molecule has 142 valence electrons. The second-order valence-electron chi connectivity index (χ2n) is 8.05. The summed E-state index contributed by atoms with van der Waals surface area (Å²) < 4.78 is 0. The molecule has 1 aliphatic carbocycles. The van der Waals surface area contributed by atoms with E-state index in [1.807, 2.05) is 24.3 Å². The van der Waals surface area contributed by atoms with Crippen molar-refractivity contribution in [2.75, 3.05) is 19.7 Å². The topological polar surface area (TPSA) is 60.8 Å². The molecular weight excluding hydrogens is 350 g/mol. The predicted molar refractivity (Wildman–Crippen MR) is 109 cm³/mol. The van der Waals surface area contributed by atoms with Gasteiger partial charge in [0.25, 0.3) is 5.91 Å². The third-order valence-electron chi connectivity index (χ3n) is 6.23. The number of carbonyl (C=O) groups excluding carboxylic acids is 1. The van der Waals surface area contributed by atoms with Crippen LogP contribution in [0.1, 0.15) is 27.9 Å². The summed E-state index contributed by atoms with van der Waals surface area (Å²) >= 11 is 0. The van der Waals surface area contributed by atoms with Crippen molar-refractivity contribution in [2.45, 2.75) is 24.9 Å². The molecule has 5 rings (SSSR count). The van der Waals surface area contributed by atoms with E-state index in [4.69, 9.17) is 0 Å². The number of nitrogens with zero attached hydrogens (tertiary/aromatic N) is 1. The molecular formula is C24H23NO3. The lowest BCUT2D eigenvalue weighted by Crippen LogP contribution is -2.38. The van der Waals surface area contributed by atoms with Gasteiger partial charge < -0.3 is 15.1 Å². The van der Waals surface area contributed by atoms with Gasteiger partial charge in [0.15, 0.2) is 0 Å². The molecule has 1 saturated heterocycles. The van der Waals surface area contributed by atoms with E-state index >= 15 is 0 Å². The molecule has 1 amide bonds. The first-order valence-corrected chi connectivity index (χ1v) is 9.84. The molecule has 1 heterocycles. The molecule has 1 unspecified atom stereocenters. The Hall–Kier alpha value is -2.69. The minimum atomic E-state index is -1.17. The van der Waals surface area contributed by atoms with Crippen molar-refractivity contribution in [2.24, 2.45) is 0 Å². The lowest BCUT2D eigenvalue weighted by molar-refractivity contribution is -0.00455. The average Bonchev–Trinajstić information content (AvgIpc) is 3.34. The average molecular weight is 373 g/mol. The third kappa shape index (κ3) is 2.72. The number of hydrogen-bond donors (Lipinski definition) is 2. The summed E-state index contributed by atoms with van der Waals surface area (Å²) in [5.74, 6) is -0.101. The Bertz CT molecular complexity index is 1060. The minimum Gasteiger partial charge on any atom is -0.393 e. The molecule has 4 heteroatoms. The highest BCUT2D eigenvalue weighted by Gasteiger charge is 2.37. The van der Waals surface area contributed by atoms with Gasteiger partial charge in [-0.05, 0) is 64.4 Å². The smallest absolute Gasteiger partial charge is 0.253 e. The molecule has 0 saturated carbocycles. The summed E-state index contributed by atoms with van der Waals surface area (Å²) in [5.41, 5.74) is 4.58. The van der Waals surface area contributed by atoms with E-state index in [1.54, 1.807) is 4.90 Å². The van der Waals surface area contributed by atoms with Gasteiger partial charge >= 0.3 is 0 Å². The summed E-state index contributed by atoms with van der Waals surface area (Å²) in [5, 5.41) is 22.1. The summed E-state index contributed by atoms with van der Waals surface area (Å²) in [6.45, 7) is 0.326. The number of hydrogen-bond acceptors (Lipinski definition) is 3. The van der Waals surface area contributed by atoms with Crippen LogP contribution < -0.4 is 0 Å². The molecule has 2 aliphatic rings. The predicted octanol–water partition coefficient (Wildman–Crippen LogP) is 3.17. The highest BCUT2D eigenvalue weighted by molar-refractivity contribution is 6.02. The monoisotopic (exact) mass is 373 g/mol. The second kappa shape index (κ2) is 6.43. The number of aryl methyl sites for hydroxylation is 2. The van der Waals surface area contributed by atoms with Crippen LogP contribution in [0.15, 0.2) is 54.6 Å². The van der Waals surface area contributed by atoms with Crippen LogP contribution in [0.4, 0.5) is 0 Å². The first-order chi connectivity index (χ1) is 13.6. The largest absolute Gasteiger partial charge is 0.393 e. The van der Waals surface area contributed by atoms with Crippen molar-refractivity contribution < 1.29 is 15.0 Å². The highest BCUT2D eigenvalue weighted by Crippen LogP contribution is 2.37. The van der Waals surface area contributed by atoms with E-state index < -0.39 is 5.60 Å². The molecule has 28 heavy (non-hydrogen) atoms. The van der Waals surface area contributed by atoms with E-state index in [-0.39, 0.29) is 19.1 Å². The number of β-amino-alcohol motifs (C(OH)–C–C–N with tert-alkyl or cyclic N) is 1. The zero-order valence-electron chi connectivity index (χ0n) is 15.7. The van der Waals surface area contributed by atoms with Crippen LogP contribution in [0.3, 0.4) is 0 Å². The van der Waals surface area contributed by atoms with E-state index in [0.29, 0.717) is 18.5 Å². The summed E-state index contributed by atoms with van der Waals surface area (Å²) in [6, 6.07) is 18.7. The molecule has 3 aromatic rings. The van der Waals surface area contributed by atoms with Crippen LogP contribution >= 0.6 is 0 Å². The summed E-state index contributed by atoms with van der Waals surface area (Å²) in [4.78, 5) is 14.4. The number of amides is 1. The Morgan fingerprint density at radius 2 is 1.75 bits per heavy atom. The van der Waals surface area contributed by atoms with Gasteiger partial charge in [0.05, 0.1) is 13.2 Å². The minimum absolute atomic E-state index is 0.101. The van der Waals surface area contributed by atoms with Gasteiger partial charge in [-0.1, -0.05) is 42.5 Å². The van der Waals surface area contributed by atoms with Crippen LogP contribution in [0.25, 0.3) is 21.9 Å². The van der Waals surface area contributed by atoms with Gasteiger partial charge in [0, 0.05) is 12.1 Å². The number of rotatable bonds is 3. The van der Waals surface area contributed by atoms with Crippen molar-refractivity contribution in [3.63, 3.8) is 0 Å². The van der Waals surface area contributed by atoms with Crippen molar-refractivity contribution >= 4 is 16.7 Å². The van der Waals surface area contributed by atoms with Crippen molar-refractivity contribution in [3.05, 3.63) is 71.3 Å². The van der Waals surface area contributed by atoms with Gasteiger partial charge in [0.2, 0.25) is 0 Å². The Balaban J connectivity index is 1.45.